The first-order chi connectivity index (χ1) is 10.9. The van der Waals surface area contributed by atoms with E-state index < -0.39 is 0 Å². The number of rotatable bonds is 5. The summed E-state index contributed by atoms with van der Waals surface area (Å²) >= 11 is 0. The van der Waals surface area contributed by atoms with Crippen molar-refractivity contribution in [1.29, 1.82) is 0 Å². The molecule has 2 rings (SSSR count). The van der Waals surface area contributed by atoms with Crippen molar-refractivity contribution < 1.29 is 4.79 Å². The molecule has 2 aromatic heterocycles. The van der Waals surface area contributed by atoms with Crippen LogP contribution in [-0.4, -0.2) is 26.9 Å². The normalized spacial score (nSPS) is 12.0. The van der Waals surface area contributed by atoms with Gasteiger partial charge in [-0.1, -0.05) is 6.07 Å². The highest BCUT2D eigenvalue weighted by Crippen LogP contribution is 2.12. The van der Waals surface area contributed by atoms with E-state index in [4.69, 9.17) is 5.73 Å². The number of hydrogen-bond acceptors (Lipinski definition) is 5. The van der Waals surface area contributed by atoms with Gasteiger partial charge in [0.15, 0.2) is 0 Å². The molecule has 122 valence electrons. The van der Waals surface area contributed by atoms with Crippen LogP contribution in [0.5, 0.6) is 0 Å². The van der Waals surface area contributed by atoms with Gasteiger partial charge in [-0.2, -0.15) is 0 Å². The summed E-state index contributed by atoms with van der Waals surface area (Å²) in [6, 6.07) is 3.94. The molecule has 0 unspecified atom stereocenters. The molecule has 3 N–H and O–H groups in total. The summed E-state index contributed by atoms with van der Waals surface area (Å²) in [4.78, 5) is 24.9. The van der Waals surface area contributed by atoms with Gasteiger partial charge in [0.1, 0.15) is 0 Å². The first-order valence-electron chi connectivity index (χ1n) is 7.66. The monoisotopic (exact) mass is 313 g/mol. The minimum atomic E-state index is -0.0503. The first-order valence-corrected chi connectivity index (χ1v) is 7.66. The second kappa shape index (κ2) is 7.17. The van der Waals surface area contributed by atoms with E-state index in [1.807, 2.05) is 39.8 Å². The van der Waals surface area contributed by atoms with Crippen molar-refractivity contribution in [3.8, 4) is 0 Å². The zero-order valence-corrected chi connectivity index (χ0v) is 14.1. The molecule has 0 aliphatic carbocycles. The van der Waals surface area contributed by atoms with E-state index in [2.05, 4.69) is 20.3 Å². The highest BCUT2D eigenvalue weighted by molar-refractivity contribution is 5.79. The molecule has 0 aromatic carbocycles. The summed E-state index contributed by atoms with van der Waals surface area (Å²) in [5.74, 6) is 0.189. The predicted molar refractivity (Wildman–Crippen MR) is 89.9 cm³/mol. The van der Waals surface area contributed by atoms with Crippen molar-refractivity contribution in [3.05, 3.63) is 46.5 Å². The lowest BCUT2D eigenvalue weighted by molar-refractivity contribution is -0.121. The van der Waals surface area contributed by atoms with Gasteiger partial charge in [-0.3, -0.25) is 9.78 Å². The zero-order chi connectivity index (χ0) is 17.0. The number of aryl methyl sites for hydroxylation is 3. The number of hydrogen-bond donors (Lipinski definition) is 2. The molecule has 0 fully saturated rings. The number of nitrogens with two attached hydrogens (primary N) is 1. The quantitative estimate of drug-likeness (QED) is 0.875. The zero-order valence-electron chi connectivity index (χ0n) is 14.1. The summed E-state index contributed by atoms with van der Waals surface area (Å²) < 4.78 is 0. The third kappa shape index (κ3) is 4.48. The second-order valence-corrected chi connectivity index (χ2v) is 5.85. The Morgan fingerprint density at radius 2 is 1.91 bits per heavy atom. The van der Waals surface area contributed by atoms with E-state index in [1.54, 1.807) is 6.20 Å². The molecule has 1 atom stereocenters. The van der Waals surface area contributed by atoms with Crippen LogP contribution in [0.1, 0.15) is 35.1 Å². The van der Waals surface area contributed by atoms with Gasteiger partial charge in [-0.25, -0.2) is 9.97 Å². The van der Waals surface area contributed by atoms with Gasteiger partial charge in [0.25, 0.3) is 0 Å². The van der Waals surface area contributed by atoms with E-state index in [0.717, 1.165) is 28.2 Å². The fourth-order valence-electron chi connectivity index (χ4n) is 2.58. The van der Waals surface area contributed by atoms with Crippen molar-refractivity contribution in [2.45, 2.75) is 46.6 Å². The van der Waals surface area contributed by atoms with Crippen LogP contribution in [0, 0.1) is 20.8 Å². The van der Waals surface area contributed by atoms with Gasteiger partial charge in [0.2, 0.25) is 11.9 Å². The Hall–Kier alpha value is -2.50. The standard InChI is InChI=1S/C17H23N5O/c1-10-6-5-7-19-15(10)8-11(2)20-16(23)9-14-12(3)21-17(18)22-13(14)4/h5-7,11H,8-9H2,1-4H3,(H,20,23)(H2,18,21,22)/t11-/m0/s1. The Labute approximate surface area is 136 Å². The van der Waals surface area contributed by atoms with Crippen LogP contribution >= 0.6 is 0 Å². The Morgan fingerprint density at radius 1 is 1.26 bits per heavy atom. The number of nitrogens with zero attached hydrogens (tertiary/aromatic N) is 3. The van der Waals surface area contributed by atoms with E-state index in [-0.39, 0.29) is 24.3 Å². The summed E-state index contributed by atoms with van der Waals surface area (Å²) in [7, 11) is 0. The minimum absolute atomic E-state index is 0.00594. The molecule has 0 radical (unpaired) electrons. The smallest absolute Gasteiger partial charge is 0.224 e. The van der Waals surface area contributed by atoms with Crippen LogP contribution < -0.4 is 11.1 Å². The molecule has 0 bridgehead atoms. The molecule has 0 saturated heterocycles. The van der Waals surface area contributed by atoms with E-state index >= 15 is 0 Å². The van der Waals surface area contributed by atoms with Gasteiger partial charge in [0, 0.05) is 41.3 Å². The molecule has 2 heterocycles. The molecule has 2 aromatic rings. The van der Waals surface area contributed by atoms with Crippen molar-refractivity contribution >= 4 is 11.9 Å². The SMILES string of the molecule is Cc1cccnc1C[C@H](C)NC(=O)Cc1c(C)nc(N)nc1C. The number of carbonyl (C=O) groups is 1. The Morgan fingerprint density at radius 3 is 2.52 bits per heavy atom. The Bertz CT molecular complexity index is 691. The van der Waals surface area contributed by atoms with Crippen LogP contribution in [-0.2, 0) is 17.6 Å². The third-order valence-corrected chi connectivity index (χ3v) is 3.80. The lowest BCUT2D eigenvalue weighted by Gasteiger charge is -2.16. The molecule has 6 nitrogen and oxygen atoms in total. The molecule has 6 heteroatoms. The third-order valence-electron chi connectivity index (χ3n) is 3.80. The average Bonchev–Trinajstić information content (AvgIpc) is 2.45. The van der Waals surface area contributed by atoms with Crippen molar-refractivity contribution in [3.63, 3.8) is 0 Å². The van der Waals surface area contributed by atoms with E-state index in [1.165, 1.54) is 0 Å². The van der Waals surface area contributed by atoms with Crippen LogP contribution in [0.3, 0.4) is 0 Å². The molecular formula is C17H23N5O. The maximum absolute atomic E-state index is 12.3. The lowest BCUT2D eigenvalue weighted by Crippen LogP contribution is -2.35. The average molecular weight is 313 g/mol. The summed E-state index contributed by atoms with van der Waals surface area (Å²) in [5, 5.41) is 3.01. The van der Waals surface area contributed by atoms with Crippen molar-refractivity contribution in [2.24, 2.45) is 0 Å². The number of aromatic nitrogens is 3. The maximum Gasteiger partial charge on any atom is 0.224 e. The summed E-state index contributed by atoms with van der Waals surface area (Å²) in [6.45, 7) is 7.68. The fraction of sp³-hybridized carbons (Fsp3) is 0.412. The summed E-state index contributed by atoms with van der Waals surface area (Å²) in [5.41, 5.74) is 10.1. The van der Waals surface area contributed by atoms with Crippen LogP contribution in [0.2, 0.25) is 0 Å². The van der Waals surface area contributed by atoms with E-state index in [0.29, 0.717) is 6.42 Å². The van der Waals surface area contributed by atoms with Crippen molar-refractivity contribution in [2.75, 3.05) is 5.73 Å². The van der Waals surface area contributed by atoms with Gasteiger partial charge < -0.3 is 11.1 Å². The number of nitrogens with one attached hydrogen (secondary N) is 1. The van der Waals surface area contributed by atoms with Crippen molar-refractivity contribution in [1.82, 2.24) is 20.3 Å². The van der Waals surface area contributed by atoms with Gasteiger partial charge in [-0.05, 0) is 39.3 Å². The second-order valence-electron chi connectivity index (χ2n) is 5.85. The van der Waals surface area contributed by atoms with Crippen LogP contribution in [0.15, 0.2) is 18.3 Å². The van der Waals surface area contributed by atoms with E-state index in [9.17, 15) is 4.79 Å². The number of pyridine rings is 1. The highest BCUT2D eigenvalue weighted by Gasteiger charge is 2.14. The number of amides is 1. The fourth-order valence-corrected chi connectivity index (χ4v) is 2.58. The Balaban J connectivity index is 1.98. The van der Waals surface area contributed by atoms with Crippen LogP contribution in [0.4, 0.5) is 5.95 Å². The molecule has 1 amide bonds. The number of anilines is 1. The highest BCUT2D eigenvalue weighted by atomic mass is 16.1. The van der Waals surface area contributed by atoms with Gasteiger partial charge in [-0.15, -0.1) is 0 Å². The largest absolute Gasteiger partial charge is 0.368 e. The predicted octanol–water partition coefficient (Wildman–Crippen LogP) is 1.67. The lowest BCUT2D eigenvalue weighted by atomic mass is 10.1. The molecular weight excluding hydrogens is 290 g/mol. The molecule has 0 spiro atoms. The summed E-state index contributed by atoms with van der Waals surface area (Å²) in [6.07, 6.45) is 2.73. The van der Waals surface area contributed by atoms with Gasteiger partial charge >= 0.3 is 0 Å². The maximum atomic E-state index is 12.3. The van der Waals surface area contributed by atoms with Crippen LogP contribution in [0.25, 0.3) is 0 Å². The molecule has 0 aliphatic rings. The molecule has 0 saturated carbocycles. The topological polar surface area (TPSA) is 93.8 Å². The Kier molecular flexibility index (Phi) is 5.26. The molecule has 0 aliphatic heterocycles. The molecule has 23 heavy (non-hydrogen) atoms. The number of nitrogen functional groups attached to an aromatic ring is 1. The number of carbonyl (C=O) groups excluding carboxylic acids is 1. The first kappa shape index (κ1) is 16.9. The van der Waals surface area contributed by atoms with Gasteiger partial charge in [0.05, 0.1) is 6.42 Å². The minimum Gasteiger partial charge on any atom is -0.368 e.